The quantitative estimate of drug-likeness (QED) is 0.710. The first-order valence-electron chi connectivity index (χ1n) is 4.03. The zero-order valence-corrected chi connectivity index (χ0v) is 7.21. The second kappa shape index (κ2) is 3.01. The predicted octanol–water partition coefficient (Wildman–Crippen LogP) is 2.52. The van der Waals surface area contributed by atoms with E-state index < -0.39 is 0 Å². The molecule has 0 fully saturated rings. The van der Waals surface area contributed by atoms with Crippen molar-refractivity contribution in [2.24, 2.45) is 0 Å². The number of H-pyrrole nitrogens is 1. The molecule has 0 radical (unpaired) electrons. The van der Waals surface area contributed by atoms with Gasteiger partial charge in [0.15, 0.2) is 0 Å². The Morgan fingerprint density at radius 2 is 2.23 bits per heavy atom. The summed E-state index contributed by atoms with van der Waals surface area (Å²) in [6.07, 6.45) is 3.42. The summed E-state index contributed by atoms with van der Waals surface area (Å²) in [6.45, 7) is 1.74. The summed E-state index contributed by atoms with van der Waals surface area (Å²) < 4.78 is 12.9. The Balaban J connectivity index is 2.49. The molecule has 0 aliphatic heterocycles. The minimum atomic E-state index is -0.185. The minimum Gasteiger partial charge on any atom is -0.345 e. The van der Waals surface area contributed by atoms with Crippen LogP contribution in [-0.4, -0.2) is 9.97 Å². The summed E-state index contributed by atoms with van der Waals surface area (Å²) in [5.74, 6) is 0.582. The van der Waals surface area contributed by atoms with Crippen molar-refractivity contribution in [3.8, 4) is 11.4 Å². The summed E-state index contributed by atoms with van der Waals surface area (Å²) in [4.78, 5) is 7.05. The van der Waals surface area contributed by atoms with Gasteiger partial charge < -0.3 is 4.98 Å². The fourth-order valence-corrected chi connectivity index (χ4v) is 1.22. The predicted molar refractivity (Wildman–Crippen MR) is 48.7 cm³/mol. The number of hydrogen-bond donors (Lipinski definition) is 1. The van der Waals surface area contributed by atoms with Crippen molar-refractivity contribution in [3.05, 3.63) is 42.0 Å². The molecule has 0 amide bonds. The van der Waals surface area contributed by atoms with Crippen LogP contribution in [-0.2, 0) is 0 Å². The Bertz CT molecular complexity index is 407. The third-order valence-corrected chi connectivity index (χ3v) is 1.93. The molecule has 1 aromatic carbocycles. The van der Waals surface area contributed by atoms with Crippen LogP contribution in [0.1, 0.15) is 5.56 Å². The van der Waals surface area contributed by atoms with Crippen LogP contribution in [0.3, 0.4) is 0 Å². The van der Waals surface area contributed by atoms with Crippen LogP contribution in [0.15, 0.2) is 30.6 Å². The largest absolute Gasteiger partial charge is 0.345 e. The number of aromatic amines is 1. The molecule has 0 spiro atoms. The molecule has 1 aromatic heterocycles. The highest BCUT2D eigenvalue weighted by atomic mass is 19.1. The molecule has 2 aromatic rings. The summed E-state index contributed by atoms with van der Waals surface area (Å²) in [5, 5.41) is 0. The molecule has 0 unspecified atom stereocenters. The molecule has 1 heterocycles. The van der Waals surface area contributed by atoms with Crippen LogP contribution in [0.4, 0.5) is 4.39 Å². The van der Waals surface area contributed by atoms with Gasteiger partial charge in [-0.25, -0.2) is 9.37 Å². The molecule has 2 nitrogen and oxygen atoms in total. The third-order valence-electron chi connectivity index (χ3n) is 1.93. The van der Waals surface area contributed by atoms with Gasteiger partial charge >= 0.3 is 0 Å². The Morgan fingerprint density at radius 1 is 1.38 bits per heavy atom. The molecule has 1 N–H and O–H groups in total. The van der Waals surface area contributed by atoms with E-state index in [0.717, 1.165) is 11.4 Å². The van der Waals surface area contributed by atoms with Crippen LogP contribution in [0, 0.1) is 12.7 Å². The molecule has 0 atom stereocenters. The maximum absolute atomic E-state index is 12.9. The molecule has 13 heavy (non-hydrogen) atoms. The second-order valence-electron chi connectivity index (χ2n) is 2.90. The zero-order valence-electron chi connectivity index (χ0n) is 7.21. The first kappa shape index (κ1) is 7.98. The van der Waals surface area contributed by atoms with Gasteiger partial charge in [0.1, 0.15) is 11.6 Å². The lowest BCUT2D eigenvalue weighted by molar-refractivity contribution is 0.618. The van der Waals surface area contributed by atoms with Crippen molar-refractivity contribution in [1.82, 2.24) is 9.97 Å². The van der Waals surface area contributed by atoms with Crippen LogP contribution in [0.25, 0.3) is 11.4 Å². The Kier molecular flexibility index (Phi) is 1.85. The van der Waals surface area contributed by atoms with E-state index in [1.165, 1.54) is 6.07 Å². The fraction of sp³-hybridized carbons (Fsp3) is 0.100. The minimum absolute atomic E-state index is 0.185. The fourth-order valence-electron chi connectivity index (χ4n) is 1.22. The molecule has 0 saturated carbocycles. The highest BCUT2D eigenvalue weighted by Crippen LogP contribution is 2.17. The van der Waals surface area contributed by atoms with Gasteiger partial charge in [0, 0.05) is 18.0 Å². The number of nitrogens with one attached hydrogen (secondary N) is 1. The number of rotatable bonds is 1. The second-order valence-corrected chi connectivity index (χ2v) is 2.90. The Hall–Kier alpha value is -1.64. The Labute approximate surface area is 75.4 Å². The van der Waals surface area contributed by atoms with Gasteiger partial charge in [-0.3, -0.25) is 0 Å². The number of nitrogens with zero attached hydrogens (tertiary/aromatic N) is 1. The molecule has 0 saturated heterocycles. The zero-order chi connectivity index (χ0) is 9.26. The van der Waals surface area contributed by atoms with Crippen LogP contribution in [0.5, 0.6) is 0 Å². The lowest BCUT2D eigenvalue weighted by atomic mass is 10.1. The highest BCUT2D eigenvalue weighted by Gasteiger charge is 2.02. The van der Waals surface area contributed by atoms with Crippen LogP contribution in [0.2, 0.25) is 0 Å². The van der Waals surface area contributed by atoms with E-state index in [4.69, 9.17) is 0 Å². The lowest BCUT2D eigenvalue weighted by Gasteiger charge is -1.99. The van der Waals surface area contributed by atoms with Gasteiger partial charge in [0.25, 0.3) is 0 Å². The number of aromatic nitrogens is 2. The molecule has 3 heteroatoms. The van der Waals surface area contributed by atoms with Gasteiger partial charge in [0.2, 0.25) is 0 Å². The molecule has 2 rings (SSSR count). The van der Waals surface area contributed by atoms with Gasteiger partial charge in [0.05, 0.1) is 0 Å². The van der Waals surface area contributed by atoms with Crippen molar-refractivity contribution in [2.75, 3.05) is 0 Å². The summed E-state index contributed by atoms with van der Waals surface area (Å²) in [5.41, 5.74) is 1.54. The molecule has 0 aliphatic carbocycles. The van der Waals surface area contributed by atoms with Crippen LogP contribution >= 0.6 is 0 Å². The standard InChI is InChI=1S/C10H9FN2/c1-7-6-8(2-3-9(7)11)10-12-4-5-13-10/h2-6H,1H3,(H,12,13). The van der Waals surface area contributed by atoms with Crippen molar-refractivity contribution >= 4 is 0 Å². The number of hydrogen-bond acceptors (Lipinski definition) is 1. The molecule has 0 aliphatic rings. The first-order valence-corrected chi connectivity index (χ1v) is 4.03. The average Bonchev–Trinajstić information content (AvgIpc) is 2.62. The number of aryl methyl sites for hydroxylation is 1. The highest BCUT2D eigenvalue weighted by molar-refractivity contribution is 5.55. The topological polar surface area (TPSA) is 28.7 Å². The average molecular weight is 176 g/mol. The normalized spacial score (nSPS) is 10.3. The van der Waals surface area contributed by atoms with Crippen molar-refractivity contribution < 1.29 is 4.39 Å². The number of benzene rings is 1. The smallest absolute Gasteiger partial charge is 0.137 e. The SMILES string of the molecule is Cc1cc(-c2ncc[nH]2)ccc1F. The maximum Gasteiger partial charge on any atom is 0.137 e. The van der Waals surface area contributed by atoms with E-state index in [1.54, 1.807) is 31.5 Å². The molecule has 0 bridgehead atoms. The monoisotopic (exact) mass is 176 g/mol. The van der Waals surface area contributed by atoms with E-state index in [9.17, 15) is 4.39 Å². The van der Waals surface area contributed by atoms with Gasteiger partial charge in [-0.2, -0.15) is 0 Å². The third kappa shape index (κ3) is 1.45. The Morgan fingerprint density at radius 3 is 2.85 bits per heavy atom. The van der Waals surface area contributed by atoms with E-state index in [0.29, 0.717) is 5.56 Å². The molecular formula is C10H9FN2. The molecular weight excluding hydrogens is 167 g/mol. The first-order chi connectivity index (χ1) is 6.27. The van der Waals surface area contributed by atoms with Crippen LogP contribution < -0.4 is 0 Å². The van der Waals surface area contributed by atoms with Gasteiger partial charge in [-0.1, -0.05) is 0 Å². The van der Waals surface area contributed by atoms with Crippen molar-refractivity contribution in [2.45, 2.75) is 6.92 Å². The lowest BCUT2D eigenvalue weighted by Crippen LogP contribution is -1.85. The number of imidazole rings is 1. The molecule has 66 valence electrons. The maximum atomic E-state index is 12.9. The van der Waals surface area contributed by atoms with E-state index in [-0.39, 0.29) is 5.82 Å². The number of halogens is 1. The van der Waals surface area contributed by atoms with Crippen molar-refractivity contribution in [1.29, 1.82) is 0 Å². The summed E-state index contributed by atoms with van der Waals surface area (Å²) in [6, 6.07) is 4.93. The summed E-state index contributed by atoms with van der Waals surface area (Å²) >= 11 is 0. The van der Waals surface area contributed by atoms with Gasteiger partial charge in [-0.15, -0.1) is 0 Å². The van der Waals surface area contributed by atoms with E-state index >= 15 is 0 Å². The van der Waals surface area contributed by atoms with Crippen molar-refractivity contribution in [3.63, 3.8) is 0 Å². The summed E-state index contributed by atoms with van der Waals surface area (Å²) in [7, 11) is 0. The van der Waals surface area contributed by atoms with Gasteiger partial charge in [-0.05, 0) is 30.7 Å². The van der Waals surface area contributed by atoms with E-state index in [1.807, 2.05) is 0 Å². The van der Waals surface area contributed by atoms with E-state index in [2.05, 4.69) is 9.97 Å².